The SMILES string of the molecule is CCCCCCCCOc1ccc(-c2ccc(C(=O)Oc3ccc(O[C@H](C)C(=O)O)cc3)cc2F)cc1. The first-order valence-corrected chi connectivity index (χ1v) is 12.6. The van der Waals surface area contributed by atoms with Crippen LogP contribution in [0.3, 0.4) is 0 Å². The zero-order valence-corrected chi connectivity index (χ0v) is 21.2. The maximum atomic E-state index is 14.8. The highest BCUT2D eigenvalue weighted by atomic mass is 19.1. The molecular weight excluding hydrogens is 475 g/mol. The number of carbonyl (C=O) groups excluding carboxylic acids is 1. The number of unbranched alkanes of at least 4 members (excludes halogenated alkanes) is 5. The number of halogens is 1. The molecule has 6 nitrogen and oxygen atoms in total. The summed E-state index contributed by atoms with van der Waals surface area (Å²) in [6.45, 7) is 4.27. The van der Waals surface area contributed by atoms with Crippen molar-refractivity contribution in [3.05, 3.63) is 78.1 Å². The molecule has 196 valence electrons. The molecule has 0 aliphatic heterocycles. The Balaban J connectivity index is 1.53. The van der Waals surface area contributed by atoms with Gasteiger partial charge in [-0.1, -0.05) is 57.2 Å². The molecule has 0 aromatic heterocycles. The minimum Gasteiger partial charge on any atom is -0.494 e. The van der Waals surface area contributed by atoms with Crippen LogP contribution in [-0.4, -0.2) is 29.8 Å². The second-order valence-electron chi connectivity index (χ2n) is 8.79. The fourth-order valence-electron chi connectivity index (χ4n) is 3.69. The summed E-state index contributed by atoms with van der Waals surface area (Å²) in [6, 6.07) is 17.4. The second kappa shape index (κ2) is 14.0. The van der Waals surface area contributed by atoms with Gasteiger partial charge in [0.1, 0.15) is 23.1 Å². The van der Waals surface area contributed by atoms with Crippen LogP contribution < -0.4 is 14.2 Å². The lowest BCUT2D eigenvalue weighted by molar-refractivity contribution is -0.144. The van der Waals surface area contributed by atoms with Crippen molar-refractivity contribution in [1.29, 1.82) is 0 Å². The first-order chi connectivity index (χ1) is 17.9. The number of esters is 1. The van der Waals surface area contributed by atoms with Gasteiger partial charge in [0, 0.05) is 5.56 Å². The Hall–Kier alpha value is -3.87. The van der Waals surface area contributed by atoms with E-state index < -0.39 is 23.9 Å². The number of hydrogen-bond acceptors (Lipinski definition) is 5. The van der Waals surface area contributed by atoms with Gasteiger partial charge >= 0.3 is 11.9 Å². The Morgan fingerprint density at radius 2 is 1.46 bits per heavy atom. The van der Waals surface area contributed by atoms with Gasteiger partial charge in [0.25, 0.3) is 0 Å². The second-order valence-corrected chi connectivity index (χ2v) is 8.79. The molecular formula is C30H33FO6. The summed E-state index contributed by atoms with van der Waals surface area (Å²) in [5.41, 5.74) is 1.11. The third kappa shape index (κ3) is 8.63. The van der Waals surface area contributed by atoms with Crippen molar-refractivity contribution in [1.82, 2.24) is 0 Å². The summed E-state index contributed by atoms with van der Waals surface area (Å²) in [6.07, 6.45) is 6.17. The molecule has 0 spiro atoms. The van der Waals surface area contributed by atoms with Crippen molar-refractivity contribution in [3.8, 4) is 28.4 Å². The molecule has 0 aliphatic rings. The van der Waals surface area contributed by atoms with Gasteiger partial charge in [-0.15, -0.1) is 0 Å². The molecule has 0 amide bonds. The van der Waals surface area contributed by atoms with Crippen LogP contribution in [0.4, 0.5) is 4.39 Å². The van der Waals surface area contributed by atoms with E-state index in [9.17, 15) is 14.0 Å². The van der Waals surface area contributed by atoms with Crippen LogP contribution in [0.1, 0.15) is 62.7 Å². The summed E-state index contributed by atoms with van der Waals surface area (Å²) in [5.74, 6) is -1.05. The van der Waals surface area contributed by atoms with Gasteiger partial charge in [-0.25, -0.2) is 14.0 Å². The predicted octanol–water partition coefficient (Wildman–Crippen LogP) is 7.30. The average Bonchev–Trinajstić information content (AvgIpc) is 2.89. The van der Waals surface area contributed by atoms with E-state index in [-0.39, 0.29) is 11.3 Å². The fourth-order valence-corrected chi connectivity index (χ4v) is 3.69. The van der Waals surface area contributed by atoms with Crippen molar-refractivity contribution < 1.29 is 33.3 Å². The molecule has 0 aliphatic carbocycles. The monoisotopic (exact) mass is 508 g/mol. The number of benzene rings is 3. The lowest BCUT2D eigenvalue weighted by atomic mass is 10.0. The van der Waals surface area contributed by atoms with E-state index in [0.717, 1.165) is 24.7 Å². The zero-order chi connectivity index (χ0) is 26.6. The van der Waals surface area contributed by atoms with Crippen LogP contribution in [-0.2, 0) is 4.79 Å². The van der Waals surface area contributed by atoms with Gasteiger partial charge in [-0.2, -0.15) is 0 Å². The molecule has 0 fully saturated rings. The normalized spacial score (nSPS) is 11.5. The third-order valence-electron chi connectivity index (χ3n) is 5.83. The first-order valence-electron chi connectivity index (χ1n) is 12.6. The zero-order valence-electron chi connectivity index (χ0n) is 21.2. The Kier molecular flexibility index (Phi) is 10.5. The lowest BCUT2D eigenvalue weighted by Gasteiger charge is -2.11. The molecule has 1 atom stereocenters. The molecule has 3 aromatic rings. The van der Waals surface area contributed by atoms with Gasteiger partial charge in [0.05, 0.1) is 12.2 Å². The molecule has 0 unspecified atom stereocenters. The molecule has 0 heterocycles. The van der Waals surface area contributed by atoms with Crippen molar-refractivity contribution in [3.63, 3.8) is 0 Å². The quantitative estimate of drug-likeness (QED) is 0.140. The summed E-state index contributed by atoms with van der Waals surface area (Å²) >= 11 is 0. The highest BCUT2D eigenvalue weighted by Gasteiger charge is 2.15. The molecule has 0 radical (unpaired) electrons. The standard InChI is InChI=1S/C30H33FO6/c1-3-4-5-6-7-8-19-35-24-12-9-22(10-13-24)27-18-11-23(20-28(27)31)30(34)37-26-16-14-25(15-17-26)36-21(2)29(32)33/h9-18,20-21H,3-8,19H2,1-2H3,(H,32,33)/t21-/m1/s1. The summed E-state index contributed by atoms with van der Waals surface area (Å²) in [5, 5.41) is 8.91. The predicted molar refractivity (Wildman–Crippen MR) is 140 cm³/mol. The molecule has 0 saturated heterocycles. The number of carboxylic acids is 1. The van der Waals surface area contributed by atoms with Crippen molar-refractivity contribution in [2.24, 2.45) is 0 Å². The summed E-state index contributed by atoms with van der Waals surface area (Å²) < 4.78 is 31.2. The number of hydrogen-bond donors (Lipinski definition) is 1. The molecule has 1 N–H and O–H groups in total. The number of aliphatic carboxylic acids is 1. The van der Waals surface area contributed by atoms with Gasteiger partial charge in [-0.05, 0) is 67.4 Å². The molecule has 3 rings (SSSR count). The minimum atomic E-state index is -1.09. The van der Waals surface area contributed by atoms with E-state index in [0.29, 0.717) is 23.5 Å². The Morgan fingerprint density at radius 3 is 2.11 bits per heavy atom. The van der Waals surface area contributed by atoms with Gasteiger partial charge in [0.15, 0.2) is 6.10 Å². The number of carboxylic acid groups (broad SMARTS) is 1. The Labute approximate surface area is 217 Å². The van der Waals surface area contributed by atoms with Crippen molar-refractivity contribution in [2.75, 3.05) is 6.61 Å². The van der Waals surface area contributed by atoms with Gasteiger partial charge < -0.3 is 19.3 Å². The minimum absolute atomic E-state index is 0.0694. The van der Waals surface area contributed by atoms with E-state index >= 15 is 0 Å². The van der Waals surface area contributed by atoms with Crippen molar-refractivity contribution >= 4 is 11.9 Å². The van der Waals surface area contributed by atoms with Crippen molar-refractivity contribution in [2.45, 2.75) is 58.5 Å². The number of rotatable bonds is 14. The Bertz CT molecular complexity index is 1160. The van der Waals surface area contributed by atoms with Crippen LogP contribution >= 0.6 is 0 Å². The molecule has 3 aromatic carbocycles. The first kappa shape index (κ1) is 27.7. The molecule has 7 heteroatoms. The maximum absolute atomic E-state index is 14.8. The van der Waals surface area contributed by atoms with Crippen LogP contribution in [0, 0.1) is 5.82 Å². The van der Waals surface area contributed by atoms with Gasteiger partial charge in [-0.3, -0.25) is 0 Å². The lowest BCUT2D eigenvalue weighted by Crippen LogP contribution is -2.22. The topological polar surface area (TPSA) is 82.1 Å². The number of ether oxygens (including phenoxy) is 3. The van der Waals surface area contributed by atoms with Gasteiger partial charge in [0.2, 0.25) is 0 Å². The Morgan fingerprint density at radius 1 is 0.838 bits per heavy atom. The van der Waals surface area contributed by atoms with E-state index in [1.807, 2.05) is 12.1 Å². The van der Waals surface area contributed by atoms with E-state index in [4.69, 9.17) is 19.3 Å². The average molecular weight is 509 g/mol. The third-order valence-corrected chi connectivity index (χ3v) is 5.83. The highest BCUT2D eigenvalue weighted by Crippen LogP contribution is 2.27. The van der Waals surface area contributed by atoms with E-state index in [1.54, 1.807) is 18.2 Å². The molecule has 37 heavy (non-hydrogen) atoms. The van der Waals surface area contributed by atoms with Crippen LogP contribution in [0.15, 0.2) is 66.7 Å². The van der Waals surface area contributed by atoms with E-state index in [1.165, 1.54) is 62.9 Å². The summed E-state index contributed by atoms with van der Waals surface area (Å²) in [4.78, 5) is 23.4. The van der Waals surface area contributed by atoms with Crippen LogP contribution in [0.2, 0.25) is 0 Å². The van der Waals surface area contributed by atoms with Crippen LogP contribution in [0.25, 0.3) is 11.1 Å². The smallest absolute Gasteiger partial charge is 0.344 e. The highest BCUT2D eigenvalue weighted by molar-refractivity contribution is 5.91. The van der Waals surface area contributed by atoms with E-state index in [2.05, 4.69) is 6.92 Å². The maximum Gasteiger partial charge on any atom is 0.344 e. The fraction of sp³-hybridized carbons (Fsp3) is 0.333. The largest absolute Gasteiger partial charge is 0.494 e. The van der Waals surface area contributed by atoms with Crippen LogP contribution in [0.5, 0.6) is 17.2 Å². The summed E-state index contributed by atoms with van der Waals surface area (Å²) in [7, 11) is 0. The molecule has 0 bridgehead atoms. The number of carbonyl (C=O) groups is 2. The molecule has 0 saturated carbocycles.